The molecule has 2 aliphatic heterocycles. The smallest absolute Gasteiger partial charge is 0.409 e. The molecule has 1 N–H and O–H groups in total. The summed E-state index contributed by atoms with van der Waals surface area (Å²) in [6, 6.07) is 9.27. The molecule has 0 radical (unpaired) electrons. The van der Waals surface area contributed by atoms with E-state index in [-0.39, 0.29) is 29.1 Å². The van der Waals surface area contributed by atoms with Crippen LogP contribution in [-0.2, 0) is 14.3 Å². The zero-order valence-corrected chi connectivity index (χ0v) is 24.4. The van der Waals surface area contributed by atoms with E-state index in [2.05, 4.69) is 18.3 Å². The minimum atomic E-state index is -0.775. The molecule has 1 unspecified atom stereocenters. The predicted octanol–water partition coefficient (Wildman–Crippen LogP) is 5.25. The van der Waals surface area contributed by atoms with Crippen LogP contribution in [0.3, 0.4) is 0 Å². The monoisotopic (exact) mass is 574 g/mol. The molecule has 0 bridgehead atoms. The van der Waals surface area contributed by atoms with Crippen molar-refractivity contribution in [2.45, 2.75) is 86.9 Å². The maximum absolute atomic E-state index is 14.0. The van der Waals surface area contributed by atoms with E-state index in [1.54, 1.807) is 28.5 Å². The van der Waals surface area contributed by atoms with Gasteiger partial charge in [0.25, 0.3) is 0 Å². The van der Waals surface area contributed by atoms with Gasteiger partial charge >= 0.3 is 6.09 Å². The minimum absolute atomic E-state index is 0.0332. The number of hydrogen-bond donors (Lipinski definition) is 1. The predicted molar refractivity (Wildman–Crippen MR) is 151 cm³/mol. The van der Waals surface area contributed by atoms with Crippen molar-refractivity contribution in [1.29, 1.82) is 5.26 Å². The van der Waals surface area contributed by atoms with Gasteiger partial charge in [-0.3, -0.25) is 9.59 Å². The molecular formula is C29H39ClN4O4S. The number of ether oxygens (including phenoxy) is 1. The second-order valence-corrected chi connectivity index (χ2v) is 12.8. The lowest BCUT2D eigenvalue weighted by Crippen LogP contribution is -2.51. The molecule has 8 nitrogen and oxygen atoms in total. The van der Waals surface area contributed by atoms with Crippen molar-refractivity contribution in [2.24, 2.45) is 11.8 Å². The lowest BCUT2D eigenvalue weighted by molar-refractivity contribution is -0.142. The van der Waals surface area contributed by atoms with E-state index >= 15 is 0 Å². The summed E-state index contributed by atoms with van der Waals surface area (Å²) < 4.78 is 5.14. The van der Waals surface area contributed by atoms with Gasteiger partial charge in [0.1, 0.15) is 11.6 Å². The molecule has 0 aromatic heterocycles. The van der Waals surface area contributed by atoms with Gasteiger partial charge in [0.2, 0.25) is 11.8 Å². The Bertz CT molecular complexity index is 1070. The van der Waals surface area contributed by atoms with Crippen LogP contribution in [0.15, 0.2) is 29.2 Å². The molecule has 4 rings (SSSR count). The second kappa shape index (κ2) is 13.3. The molecular weight excluding hydrogens is 536 g/mol. The number of amides is 3. The van der Waals surface area contributed by atoms with Crippen LogP contribution in [-0.4, -0.2) is 70.8 Å². The van der Waals surface area contributed by atoms with Crippen molar-refractivity contribution >= 4 is 41.3 Å². The first-order valence-corrected chi connectivity index (χ1v) is 15.4. The number of rotatable bonds is 10. The van der Waals surface area contributed by atoms with Gasteiger partial charge in [-0.25, -0.2) is 4.79 Å². The summed E-state index contributed by atoms with van der Waals surface area (Å²) in [5.41, 5.74) is -0.775. The number of benzene rings is 1. The number of piperidine rings is 1. The summed E-state index contributed by atoms with van der Waals surface area (Å²) in [6.07, 6.45) is 5.67. The maximum atomic E-state index is 14.0. The second-order valence-electron chi connectivity index (χ2n) is 11.0. The number of carbonyl (C=O) groups excluding carboxylic acids is 3. The van der Waals surface area contributed by atoms with E-state index in [1.807, 2.05) is 24.3 Å². The van der Waals surface area contributed by atoms with Crippen molar-refractivity contribution in [3.63, 3.8) is 0 Å². The van der Waals surface area contributed by atoms with Crippen LogP contribution < -0.4 is 5.32 Å². The summed E-state index contributed by atoms with van der Waals surface area (Å²) in [5.74, 6) is -0.0152. The van der Waals surface area contributed by atoms with Gasteiger partial charge in [0, 0.05) is 40.7 Å². The molecule has 2 heterocycles. The standard InChI is InChI=1S/C29H39ClN4O4S/c1-3-5-21(16-20-10-14-33(15-11-20)28(37)38-4-2)27(36)34-18-24(39-23-8-6-22(30)7-9-23)17-25(34)26(35)32-29(19-31)12-13-29/h6-9,20-21,24-25H,3-5,10-18H2,1-2H3,(H,32,35)/t21?,24-,25+/m1/s1. The van der Waals surface area contributed by atoms with E-state index in [9.17, 15) is 19.6 Å². The SMILES string of the molecule is CCCC(CC1CCN(C(=O)OCC)CC1)C(=O)N1C[C@H](Sc2ccc(Cl)cc2)C[C@H]1C(=O)NC1(C#N)CC1. The van der Waals surface area contributed by atoms with Gasteiger partial charge in [0.05, 0.1) is 12.7 Å². The van der Waals surface area contributed by atoms with Crippen LogP contribution in [0.1, 0.15) is 65.2 Å². The first kappa shape index (κ1) is 29.5. The topological polar surface area (TPSA) is 103 Å². The number of hydrogen-bond acceptors (Lipinski definition) is 6. The Morgan fingerprint density at radius 1 is 1.21 bits per heavy atom. The molecule has 1 saturated carbocycles. The number of likely N-dealkylation sites (tertiary alicyclic amines) is 2. The lowest BCUT2D eigenvalue weighted by Gasteiger charge is -2.34. The van der Waals surface area contributed by atoms with Crippen molar-refractivity contribution in [1.82, 2.24) is 15.1 Å². The summed E-state index contributed by atoms with van der Waals surface area (Å²) in [6.45, 7) is 6.03. The minimum Gasteiger partial charge on any atom is -0.450 e. The van der Waals surface area contributed by atoms with E-state index in [4.69, 9.17) is 16.3 Å². The molecule has 0 spiro atoms. The van der Waals surface area contributed by atoms with E-state index < -0.39 is 11.6 Å². The molecule has 1 aromatic rings. The Labute approximate surface area is 240 Å². The average molecular weight is 575 g/mol. The quantitative estimate of drug-likeness (QED) is 0.409. The third kappa shape index (κ3) is 7.61. The van der Waals surface area contributed by atoms with Crippen LogP contribution >= 0.6 is 23.4 Å². The molecule has 39 heavy (non-hydrogen) atoms. The zero-order valence-electron chi connectivity index (χ0n) is 22.9. The normalized spacial score (nSPS) is 23.1. The summed E-state index contributed by atoms with van der Waals surface area (Å²) in [7, 11) is 0. The fourth-order valence-corrected chi connectivity index (χ4v) is 7.00. The molecule has 3 aliphatic rings. The van der Waals surface area contributed by atoms with E-state index in [1.165, 1.54) is 0 Å². The van der Waals surface area contributed by atoms with Crippen LogP contribution in [0.25, 0.3) is 0 Å². The van der Waals surface area contributed by atoms with Crippen LogP contribution in [0, 0.1) is 23.2 Å². The zero-order chi connectivity index (χ0) is 28.0. The molecule has 1 aliphatic carbocycles. The van der Waals surface area contributed by atoms with Gasteiger partial charge < -0.3 is 19.9 Å². The van der Waals surface area contributed by atoms with Gasteiger partial charge in [-0.15, -0.1) is 11.8 Å². The molecule has 3 fully saturated rings. The molecule has 1 aromatic carbocycles. The van der Waals surface area contributed by atoms with Gasteiger partial charge in [-0.1, -0.05) is 24.9 Å². The van der Waals surface area contributed by atoms with Crippen molar-refractivity contribution < 1.29 is 19.1 Å². The molecule has 10 heteroatoms. The molecule has 212 valence electrons. The summed E-state index contributed by atoms with van der Waals surface area (Å²) in [4.78, 5) is 44.1. The largest absolute Gasteiger partial charge is 0.450 e. The van der Waals surface area contributed by atoms with Crippen LogP contribution in [0.2, 0.25) is 5.02 Å². The highest BCUT2D eigenvalue weighted by atomic mass is 35.5. The highest BCUT2D eigenvalue weighted by Crippen LogP contribution is 2.38. The number of nitriles is 1. The molecule has 3 atom stereocenters. The Hall–Kier alpha value is -2.44. The Kier molecular flexibility index (Phi) is 10.1. The number of thioether (sulfide) groups is 1. The number of carbonyl (C=O) groups is 3. The van der Waals surface area contributed by atoms with Gasteiger partial charge in [-0.05, 0) is 82.1 Å². The Balaban J connectivity index is 1.44. The van der Waals surface area contributed by atoms with Crippen molar-refractivity contribution in [2.75, 3.05) is 26.2 Å². The molecule has 3 amide bonds. The fraction of sp³-hybridized carbons (Fsp3) is 0.655. The highest BCUT2D eigenvalue weighted by molar-refractivity contribution is 8.00. The van der Waals surface area contributed by atoms with Gasteiger partial charge in [-0.2, -0.15) is 5.26 Å². The van der Waals surface area contributed by atoms with Gasteiger partial charge in [0.15, 0.2) is 0 Å². The first-order valence-electron chi connectivity index (χ1n) is 14.1. The number of nitrogens with one attached hydrogen (secondary N) is 1. The molecule has 2 saturated heterocycles. The van der Waals surface area contributed by atoms with Crippen molar-refractivity contribution in [3.8, 4) is 6.07 Å². The Morgan fingerprint density at radius 3 is 2.49 bits per heavy atom. The maximum Gasteiger partial charge on any atom is 0.409 e. The van der Waals surface area contributed by atoms with E-state index in [0.717, 1.165) is 37.0 Å². The third-order valence-corrected chi connectivity index (χ3v) is 9.51. The highest BCUT2D eigenvalue weighted by Gasteiger charge is 2.49. The fourth-order valence-electron chi connectivity index (χ4n) is 5.68. The van der Waals surface area contributed by atoms with Crippen molar-refractivity contribution in [3.05, 3.63) is 29.3 Å². The summed E-state index contributed by atoms with van der Waals surface area (Å²) in [5, 5.41) is 13.2. The summed E-state index contributed by atoms with van der Waals surface area (Å²) >= 11 is 7.72. The van der Waals surface area contributed by atoms with E-state index in [0.29, 0.717) is 56.4 Å². The number of nitrogens with zero attached hydrogens (tertiary/aromatic N) is 3. The van der Waals surface area contributed by atoms with Crippen LogP contribution in [0.4, 0.5) is 4.79 Å². The first-order chi connectivity index (χ1) is 18.8. The van der Waals surface area contributed by atoms with Crippen LogP contribution in [0.5, 0.6) is 0 Å². The lowest BCUT2D eigenvalue weighted by atomic mass is 9.84. The number of halogens is 1. The third-order valence-electron chi connectivity index (χ3n) is 8.04. The Morgan fingerprint density at radius 2 is 1.90 bits per heavy atom. The average Bonchev–Trinajstić information content (AvgIpc) is 3.58.